The number of benzene rings is 2. The van der Waals surface area contributed by atoms with Gasteiger partial charge in [0.1, 0.15) is 10.7 Å². The van der Waals surface area contributed by atoms with Gasteiger partial charge in [-0.25, -0.2) is 4.90 Å². The van der Waals surface area contributed by atoms with Crippen LogP contribution in [-0.2, 0) is 9.59 Å². The summed E-state index contributed by atoms with van der Waals surface area (Å²) in [5, 5.41) is 2.97. The van der Waals surface area contributed by atoms with Crippen molar-refractivity contribution in [2.45, 2.75) is 38.6 Å². The Kier molecular flexibility index (Phi) is 6.53. The van der Waals surface area contributed by atoms with Crippen molar-refractivity contribution in [2.75, 3.05) is 16.8 Å². The topological polar surface area (TPSA) is 69.7 Å². The number of nitrogens with zero attached hydrogens (tertiary/aromatic N) is 2. The zero-order chi connectivity index (χ0) is 22.8. The predicted molar refractivity (Wildman–Crippen MR) is 126 cm³/mol. The zero-order valence-corrected chi connectivity index (χ0v) is 19.1. The minimum Gasteiger partial charge on any atom is -0.350 e. The Morgan fingerprint density at radius 3 is 2.59 bits per heavy atom. The third-order valence-electron chi connectivity index (χ3n) is 5.86. The number of rotatable bonds is 5. The van der Waals surface area contributed by atoms with Crippen LogP contribution < -0.4 is 10.2 Å². The largest absolute Gasteiger partial charge is 0.350 e. The van der Waals surface area contributed by atoms with E-state index in [9.17, 15) is 14.4 Å². The summed E-state index contributed by atoms with van der Waals surface area (Å²) in [6.07, 6.45) is 4.06. The quantitative estimate of drug-likeness (QED) is 0.609. The molecule has 0 bridgehead atoms. The molecule has 0 saturated carbocycles. The standard InChI is InChI=1S/C24H23Cl2N3O3/c1-2-17-10-5-6-13-28(17)22(30)15-8-7-9-16(14-15)27-21-20(26)23(31)29(24(21)32)19-12-4-3-11-18(19)25/h3-4,7-9,11-12,14,17,27H,2,5-6,10,13H2,1H3. The number of anilines is 2. The van der Waals surface area contributed by atoms with Crippen LogP contribution in [0.5, 0.6) is 0 Å². The van der Waals surface area contributed by atoms with E-state index in [2.05, 4.69) is 12.2 Å². The minimum atomic E-state index is -0.654. The smallest absolute Gasteiger partial charge is 0.283 e. The molecule has 166 valence electrons. The molecule has 3 amide bonds. The Labute approximate surface area is 196 Å². The van der Waals surface area contributed by atoms with Crippen molar-refractivity contribution in [1.82, 2.24) is 4.90 Å². The van der Waals surface area contributed by atoms with E-state index in [1.807, 2.05) is 4.90 Å². The van der Waals surface area contributed by atoms with E-state index in [1.54, 1.807) is 48.5 Å². The zero-order valence-electron chi connectivity index (χ0n) is 17.6. The van der Waals surface area contributed by atoms with Crippen molar-refractivity contribution < 1.29 is 14.4 Å². The summed E-state index contributed by atoms with van der Waals surface area (Å²) < 4.78 is 0. The summed E-state index contributed by atoms with van der Waals surface area (Å²) >= 11 is 12.4. The molecule has 2 heterocycles. The average molecular weight is 472 g/mol. The van der Waals surface area contributed by atoms with Crippen molar-refractivity contribution in [3.05, 3.63) is 69.8 Å². The number of amides is 3. The fraction of sp³-hybridized carbons (Fsp3) is 0.292. The number of piperidine rings is 1. The van der Waals surface area contributed by atoms with E-state index in [0.29, 0.717) is 11.3 Å². The van der Waals surface area contributed by atoms with E-state index in [4.69, 9.17) is 23.2 Å². The molecule has 0 aliphatic carbocycles. The number of para-hydroxylation sites is 1. The van der Waals surface area contributed by atoms with Crippen molar-refractivity contribution >= 4 is 52.3 Å². The summed E-state index contributed by atoms with van der Waals surface area (Å²) in [5.74, 6) is -1.29. The third-order valence-corrected chi connectivity index (χ3v) is 6.53. The Morgan fingerprint density at radius 2 is 1.84 bits per heavy atom. The lowest BCUT2D eigenvalue weighted by molar-refractivity contribution is -0.120. The summed E-state index contributed by atoms with van der Waals surface area (Å²) in [6.45, 7) is 2.84. The van der Waals surface area contributed by atoms with Crippen LogP contribution in [0.3, 0.4) is 0 Å². The average Bonchev–Trinajstić information content (AvgIpc) is 3.02. The summed E-state index contributed by atoms with van der Waals surface area (Å²) in [5.41, 5.74) is 1.23. The molecule has 1 atom stereocenters. The molecule has 1 N–H and O–H groups in total. The van der Waals surface area contributed by atoms with E-state index >= 15 is 0 Å². The van der Waals surface area contributed by atoms with Crippen molar-refractivity contribution in [1.29, 1.82) is 0 Å². The van der Waals surface area contributed by atoms with Gasteiger partial charge in [-0.1, -0.05) is 48.3 Å². The highest BCUT2D eigenvalue weighted by Crippen LogP contribution is 2.34. The molecule has 8 heteroatoms. The van der Waals surface area contributed by atoms with Gasteiger partial charge in [0.05, 0.1) is 10.7 Å². The Bertz CT molecular complexity index is 1120. The molecule has 1 fully saturated rings. The van der Waals surface area contributed by atoms with Crippen LogP contribution in [0.2, 0.25) is 5.02 Å². The molecular weight excluding hydrogens is 449 g/mol. The Balaban J connectivity index is 1.57. The van der Waals surface area contributed by atoms with Gasteiger partial charge in [-0.15, -0.1) is 0 Å². The van der Waals surface area contributed by atoms with Crippen molar-refractivity contribution in [2.24, 2.45) is 0 Å². The second-order valence-corrected chi connectivity index (χ2v) is 8.63. The summed E-state index contributed by atoms with van der Waals surface area (Å²) in [7, 11) is 0. The highest BCUT2D eigenvalue weighted by atomic mass is 35.5. The third kappa shape index (κ3) is 4.12. The minimum absolute atomic E-state index is 0.0354. The molecular formula is C24H23Cl2N3O3. The van der Waals surface area contributed by atoms with Crippen LogP contribution in [-0.4, -0.2) is 35.2 Å². The SMILES string of the molecule is CCC1CCCCN1C(=O)c1cccc(NC2=C(Cl)C(=O)N(c3ccccc3Cl)C2=O)c1. The lowest BCUT2D eigenvalue weighted by Gasteiger charge is -2.35. The van der Waals surface area contributed by atoms with Gasteiger partial charge in [-0.3, -0.25) is 14.4 Å². The first-order valence-corrected chi connectivity index (χ1v) is 11.4. The number of carbonyl (C=O) groups is 3. The highest BCUT2D eigenvalue weighted by molar-refractivity contribution is 6.53. The van der Waals surface area contributed by atoms with Gasteiger partial charge >= 0.3 is 0 Å². The van der Waals surface area contributed by atoms with Crippen molar-refractivity contribution in [3.8, 4) is 0 Å². The van der Waals surface area contributed by atoms with Crippen LogP contribution >= 0.6 is 23.2 Å². The monoisotopic (exact) mass is 471 g/mol. The van der Waals surface area contributed by atoms with Gasteiger partial charge in [0.2, 0.25) is 0 Å². The number of likely N-dealkylation sites (tertiary alicyclic amines) is 1. The Hall–Kier alpha value is -2.83. The molecule has 2 aliphatic rings. The fourth-order valence-electron chi connectivity index (χ4n) is 4.20. The number of imide groups is 1. The molecule has 2 aromatic carbocycles. The van der Waals surface area contributed by atoms with Crippen LogP contribution in [0.4, 0.5) is 11.4 Å². The molecule has 4 rings (SSSR count). The summed E-state index contributed by atoms with van der Waals surface area (Å²) in [4.78, 5) is 41.7. The second kappa shape index (κ2) is 9.35. The van der Waals surface area contributed by atoms with Crippen LogP contribution in [0.15, 0.2) is 59.3 Å². The fourth-order valence-corrected chi connectivity index (χ4v) is 4.63. The first-order valence-electron chi connectivity index (χ1n) is 10.6. The molecule has 0 radical (unpaired) electrons. The molecule has 32 heavy (non-hydrogen) atoms. The van der Waals surface area contributed by atoms with Crippen LogP contribution in [0.25, 0.3) is 0 Å². The molecule has 6 nitrogen and oxygen atoms in total. The van der Waals surface area contributed by atoms with Gasteiger partial charge in [-0.05, 0) is 56.0 Å². The summed E-state index contributed by atoms with van der Waals surface area (Å²) in [6, 6.07) is 13.7. The maximum atomic E-state index is 13.1. The maximum absolute atomic E-state index is 13.1. The lowest BCUT2D eigenvalue weighted by atomic mass is 9.99. The molecule has 0 aromatic heterocycles. The van der Waals surface area contributed by atoms with Gasteiger partial charge in [0, 0.05) is 23.8 Å². The van der Waals surface area contributed by atoms with Crippen LogP contribution in [0.1, 0.15) is 43.0 Å². The van der Waals surface area contributed by atoms with Gasteiger partial charge in [-0.2, -0.15) is 0 Å². The molecule has 1 unspecified atom stereocenters. The number of carbonyl (C=O) groups excluding carboxylic acids is 3. The normalized spacial score (nSPS) is 19.0. The number of halogens is 2. The number of hydrogen-bond acceptors (Lipinski definition) is 4. The van der Waals surface area contributed by atoms with E-state index in [0.717, 1.165) is 37.1 Å². The second-order valence-electron chi connectivity index (χ2n) is 7.85. The van der Waals surface area contributed by atoms with Gasteiger partial charge in [0.25, 0.3) is 17.7 Å². The molecule has 0 spiro atoms. The van der Waals surface area contributed by atoms with Gasteiger partial charge in [0.15, 0.2) is 0 Å². The molecule has 2 aliphatic heterocycles. The van der Waals surface area contributed by atoms with E-state index in [-0.39, 0.29) is 33.4 Å². The number of nitrogens with one attached hydrogen (secondary N) is 1. The van der Waals surface area contributed by atoms with Crippen LogP contribution in [0, 0.1) is 0 Å². The predicted octanol–water partition coefficient (Wildman–Crippen LogP) is 5.18. The number of hydrogen-bond donors (Lipinski definition) is 1. The van der Waals surface area contributed by atoms with E-state index < -0.39 is 11.8 Å². The molecule has 1 saturated heterocycles. The maximum Gasteiger partial charge on any atom is 0.283 e. The van der Waals surface area contributed by atoms with Crippen molar-refractivity contribution in [3.63, 3.8) is 0 Å². The van der Waals surface area contributed by atoms with Gasteiger partial charge < -0.3 is 10.2 Å². The lowest BCUT2D eigenvalue weighted by Crippen LogP contribution is -2.43. The molecule has 2 aromatic rings. The highest BCUT2D eigenvalue weighted by Gasteiger charge is 2.39. The van der Waals surface area contributed by atoms with E-state index in [1.165, 1.54) is 0 Å². The first-order chi connectivity index (χ1) is 15.4. The first kappa shape index (κ1) is 22.4. The Morgan fingerprint density at radius 1 is 1.06 bits per heavy atom.